The lowest BCUT2D eigenvalue weighted by Gasteiger charge is -2.11. The minimum Gasteiger partial charge on any atom is -0.327 e. The molecule has 1 aromatic carbocycles. The first-order valence-electron chi connectivity index (χ1n) is 5.96. The monoisotopic (exact) mass is 280 g/mol. The topological polar surface area (TPSA) is 38.9 Å². The standard InChI is InChI=1S/C14H17ClN2S/c1-9-3-4-11(13(15)5-9)6-12(16)7-14-17-10(2)8-18-14/h3-5,8,12H,6-7,16H2,1-2H3. The van der Waals surface area contributed by atoms with Crippen LogP contribution in [0.2, 0.25) is 5.02 Å². The fourth-order valence-electron chi connectivity index (χ4n) is 1.89. The van der Waals surface area contributed by atoms with E-state index in [1.165, 1.54) is 5.56 Å². The van der Waals surface area contributed by atoms with Gasteiger partial charge in [-0.2, -0.15) is 0 Å². The van der Waals surface area contributed by atoms with Gasteiger partial charge in [-0.1, -0.05) is 23.7 Å². The number of rotatable bonds is 4. The van der Waals surface area contributed by atoms with E-state index < -0.39 is 0 Å². The molecule has 2 N–H and O–H groups in total. The van der Waals surface area contributed by atoms with Crippen LogP contribution in [-0.4, -0.2) is 11.0 Å². The van der Waals surface area contributed by atoms with Crippen LogP contribution in [-0.2, 0) is 12.8 Å². The highest BCUT2D eigenvalue weighted by Crippen LogP contribution is 2.20. The van der Waals surface area contributed by atoms with Gasteiger partial charge in [-0.25, -0.2) is 4.98 Å². The van der Waals surface area contributed by atoms with E-state index in [1.54, 1.807) is 11.3 Å². The van der Waals surface area contributed by atoms with E-state index >= 15 is 0 Å². The fourth-order valence-corrected chi connectivity index (χ4v) is 3.07. The summed E-state index contributed by atoms with van der Waals surface area (Å²) in [4.78, 5) is 4.43. The number of thiazole rings is 1. The quantitative estimate of drug-likeness (QED) is 0.931. The van der Waals surface area contributed by atoms with Crippen molar-refractivity contribution in [3.63, 3.8) is 0 Å². The molecule has 0 saturated heterocycles. The van der Waals surface area contributed by atoms with Crippen LogP contribution < -0.4 is 5.73 Å². The largest absolute Gasteiger partial charge is 0.327 e. The summed E-state index contributed by atoms with van der Waals surface area (Å²) < 4.78 is 0. The second-order valence-electron chi connectivity index (χ2n) is 4.65. The first kappa shape index (κ1) is 13.5. The van der Waals surface area contributed by atoms with Crippen molar-refractivity contribution in [3.05, 3.63) is 50.4 Å². The number of hydrogen-bond donors (Lipinski definition) is 1. The molecule has 1 aromatic heterocycles. The summed E-state index contributed by atoms with van der Waals surface area (Å²) in [6, 6.07) is 6.18. The van der Waals surface area contributed by atoms with Crippen LogP contribution >= 0.6 is 22.9 Å². The maximum Gasteiger partial charge on any atom is 0.0943 e. The van der Waals surface area contributed by atoms with Crippen molar-refractivity contribution >= 4 is 22.9 Å². The minimum absolute atomic E-state index is 0.0655. The average molecular weight is 281 g/mol. The molecule has 2 rings (SSSR count). The van der Waals surface area contributed by atoms with E-state index in [1.807, 2.05) is 19.9 Å². The number of nitrogens with zero attached hydrogens (tertiary/aromatic N) is 1. The van der Waals surface area contributed by atoms with Crippen LogP contribution in [0, 0.1) is 13.8 Å². The molecular weight excluding hydrogens is 264 g/mol. The summed E-state index contributed by atoms with van der Waals surface area (Å²) in [7, 11) is 0. The van der Waals surface area contributed by atoms with Gasteiger partial charge in [0.1, 0.15) is 0 Å². The Hall–Kier alpha value is -0.900. The predicted octanol–water partition coefficient (Wildman–Crippen LogP) is 3.53. The van der Waals surface area contributed by atoms with Crippen molar-refractivity contribution in [2.24, 2.45) is 5.73 Å². The molecule has 4 heteroatoms. The molecule has 1 atom stereocenters. The molecule has 0 aliphatic rings. The Morgan fingerprint density at radius 1 is 1.33 bits per heavy atom. The Kier molecular flexibility index (Phi) is 4.38. The molecule has 0 bridgehead atoms. The first-order chi connectivity index (χ1) is 8.54. The van der Waals surface area contributed by atoms with Crippen molar-refractivity contribution in [2.75, 3.05) is 0 Å². The highest BCUT2D eigenvalue weighted by molar-refractivity contribution is 7.09. The first-order valence-corrected chi connectivity index (χ1v) is 7.22. The lowest BCUT2D eigenvalue weighted by atomic mass is 10.0. The van der Waals surface area contributed by atoms with Gasteiger partial charge in [0.2, 0.25) is 0 Å². The molecule has 0 aliphatic heterocycles. The van der Waals surface area contributed by atoms with E-state index in [2.05, 4.69) is 22.5 Å². The molecule has 1 unspecified atom stereocenters. The van der Waals surface area contributed by atoms with E-state index in [4.69, 9.17) is 17.3 Å². The Bertz CT molecular complexity index is 536. The van der Waals surface area contributed by atoms with Crippen LogP contribution in [0.15, 0.2) is 23.6 Å². The van der Waals surface area contributed by atoms with Crippen molar-refractivity contribution < 1.29 is 0 Å². The maximum atomic E-state index is 6.21. The summed E-state index contributed by atoms with van der Waals surface area (Å²) in [5, 5.41) is 3.96. The second kappa shape index (κ2) is 5.83. The number of hydrogen-bond acceptors (Lipinski definition) is 3. The van der Waals surface area contributed by atoms with Crippen LogP contribution in [0.4, 0.5) is 0 Å². The Morgan fingerprint density at radius 2 is 2.11 bits per heavy atom. The number of aryl methyl sites for hydroxylation is 2. The summed E-state index contributed by atoms with van der Waals surface area (Å²) >= 11 is 7.88. The van der Waals surface area contributed by atoms with Gasteiger partial charge in [-0.15, -0.1) is 11.3 Å². The minimum atomic E-state index is 0.0655. The zero-order chi connectivity index (χ0) is 13.1. The van der Waals surface area contributed by atoms with Gasteiger partial charge in [0, 0.05) is 28.6 Å². The number of halogens is 1. The third-order valence-corrected chi connectivity index (χ3v) is 4.13. The van der Waals surface area contributed by atoms with E-state index in [0.717, 1.165) is 34.1 Å². The van der Waals surface area contributed by atoms with Crippen LogP contribution in [0.3, 0.4) is 0 Å². The summed E-state index contributed by atoms with van der Waals surface area (Å²) in [5.41, 5.74) is 9.52. The van der Waals surface area contributed by atoms with Gasteiger partial charge >= 0.3 is 0 Å². The molecule has 0 saturated carbocycles. The fraction of sp³-hybridized carbons (Fsp3) is 0.357. The molecule has 2 nitrogen and oxygen atoms in total. The molecule has 2 aromatic rings. The smallest absolute Gasteiger partial charge is 0.0943 e. The number of aromatic nitrogens is 1. The maximum absolute atomic E-state index is 6.21. The third kappa shape index (κ3) is 3.55. The van der Waals surface area contributed by atoms with Gasteiger partial charge in [0.05, 0.1) is 5.01 Å². The molecule has 0 amide bonds. The van der Waals surface area contributed by atoms with Gasteiger partial charge in [-0.3, -0.25) is 0 Å². The Morgan fingerprint density at radius 3 is 2.72 bits per heavy atom. The average Bonchev–Trinajstić information content (AvgIpc) is 2.68. The van der Waals surface area contributed by atoms with Crippen molar-refractivity contribution in [1.29, 1.82) is 0 Å². The molecule has 18 heavy (non-hydrogen) atoms. The Balaban J connectivity index is 2.00. The van der Waals surface area contributed by atoms with E-state index in [0.29, 0.717) is 0 Å². The Labute approximate surface area is 117 Å². The van der Waals surface area contributed by atoms with Gasteiger partial charge in [-0.05, 0) is 37.5 Å². The summed E-state index contributed by atoms with van der Waals surface area (Å²) in [6.45, 7) is 4.04. The highest BCUT2D eigenvalue weighted by atomic mass is 35.5. The van der Waals surface area contributed by atoms with Crippen LogP contribution in [0.25, 0.3) is 0 Å². The molecule has 0 fully saturated rings. The zero-order valence-corrected chi connectivity index (χ0v) is 12.2. The van der Waals surface area contributed by atoms with Gasteiger partial charge in [0.25, 0.3) is 0 Å². The molecule has 96 valence electrons. The van der Waals surface area contributed by atoms with E-state index in [9.17, 15) is 0 Å². The highest BCUT2D eigenvalue weighted by Gasteiger charge is 2.10. The summed E-state index contributed by atoms with van der Waals surface area (Å²) in [6.07, 6.45) is 1.60. The van der Waals surface area contributed by atoms with Crippen molar-refractivity contribution in [1.82, 2.24) is 4.98 Å². The zero-order valence-electron chi connectivity index (χ0n) is 10.6. The molecule has 0 radical (unpaired) electrons. The molecule has 1 heterocycles. The SMILES string of the molecule is Cc1ccc(CC(N)Cc2nc(C)cs2)c(Cl)c1. The third-order valence-electron chi connectivity index (χ3n) is 2.79. The van der Waals surface area contributed by atoms with Crippen molar-refractivity contribution in [3.8, 4) is 0 Å². The number of benzene rings is 1. The normalized spacial score (nSPS) is 12.7. The van der Waals surface area contributed by atoms with Crippen molar-refractivity contribution in [2.45, 2.75) is 32.7 Å². The van der Waals surface area contributed by atoms with Gasteiger partial charge in [0.15, 0.2) is 0 Å². The van der Waals surface area contributed by atoms with Crippen LogP contribution in [0.1, 0.15) is 21.8 Å². The lowest BCUT2D eigenvalue weighted by molar-refractivity contribution is 0.661. The molecular formula is C14H17ClN2S. The second-order valence-corrected chi connectivity index (χ2v) is 6.00. The van der Waals surface area contributed by atoms with Crippen LogP contribution in [0.5, 0.6) is 0 Å². The number of nitrogens with two attached hydrogens (primary N) is 1. The molecule has 0 spiro atoms. The molecule has 0 aliphatic carbocycles. The summed E-state index contributed by atoms with van der Waals surface area (Å²) in [5.74, 6) is 0. The lowest BCUT2D eigenvalue weighted by Crippen LogP contribution is -2.25. The van der Waals surface area contributed by atoms with E-state index in [-0.39, 0.29) is 6.04 Å². The van der Waals surface area contributed by atoms with Gasteiger partial charge < -0.3 is 5.73 Å². The predicted molar refractivity (Wildman–Crippen MR) is 78.4 cm³/mol.